The molecule has 140 valence electrons. The number of thiazole rings is 1. The van der Waals surface area contributed by atoms with Gasteiger partial charge in [-0.05, 0) is 25.7 Å². The summed E-state index contributed by atoms with van der Waals surface area (Å²) in [6.45, 7) is 6.07. The molecule has 2 aromatic rings. The van der Waals surface area contributed by atoms with Crippen LogP contribution in [0.15, 0.2) is 5.38 Å². The molecule has 1 amide bonds. The predicted molar refractivity (Wildman–Crippen MR) is 101 cm³/mol. The number of hydrogen-bond donors (Lipinski definition) is 0. The summed E-state index contributed by atoms with van der Waals surface area (Å²) in [5.41, 5.74) is 0.898. The van der Waals surface area contributed by atoms with Crippen molar-refractivity contribution in [2.75, 3.05) is 6.54 Å². The standard InChI is InChI=1S/C19H27N5OS/c1-13(2)19-20-14(12-26-19)11-17(25)23-10-6-7-15(23)18-22-21-16-8-4-3-5-9-24(16)18/h12-13,15H,3-11H2,1-2H3/t15-/m1/s1. The van der Waals surface area contributed by atoms with Crippen molar-refractivity contribution in [1.29, 1.82) is 0 Å². The average Bonchev–Trinajstić information content (AvgIpc) is 3.31. The minimum Gasteiger partial charge on any atom is -0.332 e. The van der Waals surface area contributed by atoms with Gasteiger partial charge < -0.3 is 9.47 Å². The van der Waals surface area contributed by atoms with Crippen molar-refractivity contribution in [3.05, 3.63) is 27.7 Å². The first-order valence-electron chi connectivity index (χ1n) is 9.79. The molecule has 0 aromatic carbocycles. The molecule has 0 N–H and O–H groups in total. The average molecular weight is 374 g/mol. The van der Waals surface area contributed by atoms with Crippen LogP contribution in [-0.4, -0.2) is 37.1 Å². The Balaban J connectivity index is 1.51. The smallest absolute Gasteiger partial charge is 0.229 e. The van der Waals surface area contributed by atoms with E-state index in [1.54, 1.807) is 11.3 Å². The van der Waals surface area contributed by atoms with Gasteiger partial charge in [-0.25, -0.2) is 4.98 Å². The fourth-order valence-corrected chi connectivity index (χ4v) is 4.85. The summed E-state index contributed by atoms with van der Waals surface area (Å²) in [5, 5.41) is 12.1. The first kappa shape index (κ1) is 17.6. The highest BCUT2D eigenvalue weighted by atomic mass is 32.1. The molecule has 0 unspecified atom stereocenters. The lowest BCUT2D eigenvalue weighted by atomic mass is 10.2. The van der Waals surface area contributed by atoms with E-state index in [1.807, 2.05) is 10.3 Å². The zero-order valence-electron chi connectivity index (χ0n) is 15.6. The highest BCUT2D eigenvalue weighted by Gasteiger charge is 2.34. The maximum Gasteiger partial charge on any atom is 0.229 e. The van der Waals surface area contributed by atoms with Crippen LogP contribution in [0, 0.1) is 0 Å². The molecule has 4 rings (SSSR count). The fraction of sp³-hybridized carbons (Fsp3) is 0.684. The Bertz CT molecular complexity index is 781. The second-order valence-corrected chi connectivity index (χ2v) is 8.58. The SMILES string of the molecule is CC(C)c1nc(CC(=O)N2CCC[C@@H]2c2nnc3n2CCCCC3)cs1. The van der Waals surface area contributed by atoms with Gasteiger partial charge in [-0.3, -0.25) is 4.79 Å². The number of rotatable bonds is 4. The van der Waals surface area contributed by atoms with Gasteiger partial charge in [-0.2, -0.15) is 0 Å². The second-order valence-electron chi connectivity index (χ2n) is 7.69. The predicted octanol–water partition coefficient (Wildman–Crippen LogP) is 3.49. The molecule has 0 spiro atoms. The molecule has 4 heterocycles. The molecule has 0 bridgehead atoms. The van der Waals surface area contributed by atoms with Crippen LogP contribution in [0.1, 0.15) is 80.3 Å². The molecular formula is C19H27N5OS. The molecule has 1 fully saturated rings. The molecule has 2 aliphatic rings. The van der Waals surface area contributed by atoms with Crippen molar-refractivity contribution >= 4 is 17.2 Å². The van der Waals surface area contributed by atoms with E-state index in [2.05, 4.69) is 33.6 Å². The van der Waals surface area contributed by atoms with Crippen molar-refractivity contribution < 1.29 is 4.79 Å². The first-order chi connectivity index (χ1) is 12.6. The number of fused-ring (bicyclic) bond motifs is 1. The van der Waals surface area contributed by atoms with Crippen LogP contribution in [0.4, 0.5) is 0 Å². The summed E-state index contributed by atoms with van der Waals surface area (Å²) in [7, 11) is 0. The van der Waals surface area contributed by atoms with Gasteiger partial charge in [0.2, 0.25) is 5.91 Å². The van der Waals surface area contributed by atoms with E-state index in [4.69, 9.17) is 0 Å². The van der Waals surface area contributed by atoms with E-state index in [0.717, 1.165) is 54.7 Å². The van der Waals surface area contributed by atoms with E-state index >= 15 is 0 Å². The summed E-state index contributed by atoms with van der Waals surface area (Å²) in [4.78, 5) is 19.6. The van der Waals surface area contributed by atoms with Gasteiger partial charge in [0.1, 0.15) is 5.82 Å². The van der Waals surface area contributed by atoms with Crippen LogP contribution in [0.3, 0.4) is 0 Å². The molecule has 1 atom stereocenters. The highest BCUT2D eigenvalue weighted by molar-refractivity contribution is 7.09. The van der Waals surface area contributed by atoms with Gasteiger partial charge in [0.15, 0.2) is 5.82 Å². The van der Waals surface area contributed by atoms with E-state index in [9.17, 15) is 4.79 Å². The minimum absolute atomic E-state index is 0.0741. The van der Waals surface area contributed by atoms with Crippen LogP contribution in [0.5, 0.6) is 0 Å². The number of carbonyl (C=O) groups is 1. The fourth-order valence-electron chi connectivity index (χ4n) is 4.01. The minimum atomic E-state index is 0.0741. The molecule has 7 heteroatoms. The number of hydrogen-bond acceptors (Lipinski definition) is 5. The van der Waals surface area contributed by atoms with Crippen molar-refractivity contribution in [2.45, 2.75) is 77.3 Å². The number of carbonyl (C=O) groups excluding carboxylic acids is 1. The van der Waals surface area contributed by atoms with Gasteiger partial charge in [-0.15, -0.1) is 21.5 Å². The summed E-state index contributed by atoms with van der Waals surface area (Å²) in [6.07, 6.45) is 7.03. The van der Waals surface area contributed by atoms with Gasteiger partial charge in [0, 0.05) is 30.8 Å². The molecule has 6 nitrogen and oxygen atoms in total. The molecule has 0 radical (unpaired) electrons. The summed E-state index contributed by atoms with van der Waals surface area (Å²) < 4.78 is 2.28. The largest absolute Gasteiger partial charge is 0.332 e. The van der Waals surface area contributed by atoms with E-state index in [1.165, 1.54) is 19.3 Å². The topological polar surface area (TPSA) is 63.9 Å². The highest BCUT2D eigenvalue weighted by Crippen LogP contribution is 2.33. The molecular weight excluding hydrogens is 346 g/mol. The number of nitrogens with zero attached hydrogens (tertiary/aromatic N) is 5. The maximum absolute atomic E-state index is 13.0. The zero-order valence-corrected chi connectivity index (χ0v) is 16.5. The van der Waals surface area contributed by atoms with Crippen molar-refractivity contribution in [3.8, 4) is 0 Å². The lowest BCUT2D eigenvalue weighted by Crippen LogP contribution is -2.33. The van der Waals surface area contributed by atoms with Crippen LogP contribution in [0.2, 0.25) is 0 Å². The Morgan fingerprint density at radius 1 is 1.23 bits per heavy atom. The zero-order chi connectivity index (χ0) is 18.1. The number of amides is 1. The Labute approximate surface area is 158 Å². The Hall–Kier alpha value is -1.76. The number of aromatic nitrogens is 4. The third-order valence-electron chi connectivity index (χ3n) is 5.41. The number of aryl methyl sites for hydroxylation is 1. The maximum atomic E-state index is 13.0. The van der Waals surface area contributed by atoms with Crippen LogP contribution in [-0.2, 0) is 24.2 Å². The molecule has 0 aliphatic carbocycles. The van der Waals surface area contributed by atoms with Gasteiger partial charge in [-0.1, -0.05) is 20.3 Å². The Morgan fingerprint density at radius 2 is 2.12 bits per heavy atom. The van der Waals surface area contributed by atoms with Crippen LogP contribution >= 0.6 is 11.3 Å². The Kier molecular flexibility index (Phi) is 5.07. The summed E-state index contributed by atoms with van der Waals surface area (Å²) >= 11 is 1.65. The second kappa shape index (κ2) is 7.47. The van der Waals surface area contributed by atoms with Crippen molar-refractivity contribution in [3.63, 3.8) is 0 Å². The third-order valence-corrected chi connectivity index (χ3v) is 6.60. The number of likely N-dealkylation sites (tertiary alicyclic amines) is 1. The quantitative estimate of drug-likeness (QED) is 0.823. The van der Waals surface area contributed by atoms with Crippen LogP contribution < -0.4 is 0 Å². The molecule has 1 saturated heterocycles. The Morgan fingerprint density at radius 3 is 2.92 bits per heavy atom. The lowest BCUT2D eigenvalue weighted by Gasteiger charge is -2.24. The van der Waals surface area contributed by atoms with Gasteiger partial charge in [0.05, 0.1) is 23.2 Å². The molecule has 0 saturated carbocycles. The van der Waals surface area contributed by atoms with E-state index in [-0.39, 0.29) is 11.9 Å². The van der Waals surface area contributed by atoms with Crippen LogP contribution in [0.25, 0.3) is 0 Å². The van der Waals surface area contributed by atoms with Gasteiger partial charge in [0.25, 0.3) is 0 Å². The van der Waals surface area contributed by atoms with Gasteiger partial charge >= 0.3 is 0 Å². The molecule has 2 aliphatic heterocycles. The van der Waals surface area contributed by atoms with E-state index < -0.39 is 0 Å². The summed E-state index contributed by atoms with van der Waals surface area (Å²) in [5.74, 6) is 2.67. The third kappa shape index (κ3) is 3.41. The van der Waals surface area contributed by atoms with E-state index in [0.29, 0.717) is 12.3 Å². The molecule has 26 heavy (non-hydrogen) atoms. The lowest BCUT2D eigenvalue weighted by molar-refractivity contribution is -0.131. The molecule has 2 aromatic heterocycles. The van der Waals surface area contributed by atoms with Crippen molar-refractivity contribution in [1.82, 2.24) is 24.6 Å². The monoisotopic (exact) mass is 373 g/mol. The van der Waals surface area contributed by atoms with Crippen molar-refractivity contribution in [2.24, 2.45) is 0 Å². The summed E-state index contributed by atoms with van der Waals surface area (Å²) in [6, 6.07) is 0.0741. The first-order valence-corrected chi connectivity index (χ1v) is 10.7. The normalized spacial score (nSPS) is 20.4.